The van der Waals surface area contributed by atoms with Crippen molar-refractivity contribution in [1.29, 1.82) is 0 Å². The first-order valence-electron chi connectivity index (χ1n) is 15.6. The first kappa shape index (κ1) is 32.9. The minimum absolute atomic E-state index is 0.0394. The third-order valence-corrected chi connectivity index (χ3v) is 9.03. The Bertz CT molecular complexity index is 1750. The number of amides is 3. The van der Waals surface area contributed by atoms with E-state index in [-0.39, 0.29) is 43.0 Å². The molecule has 3 heterocycles. The number of alkyl halides is 3. The summed E-state index contributed by atoms with van der Waals surface area (Å²) < 4.78 is 54.0. The maximum Gasteiger partial charge on any atom is 0.573 e. The van der Waals surface area contributed by atoms with E-state index in [0.29, 0.717) is 34.3 Å². The molecule has 0 bridgehead atoms. The minimum Gasteiger partial charge on any atom is -0.497 e. The van der Waals surface area contributed by atoms with Gasteiger partial charge in [0.25, 0.3) is 0 Å². The lowest BCUT2D eigenvalue weighted by atomic mass is 10.1. The summed E-state index contributed by atoms with van der Waals surface area (Å²) in [6.07, 6.45) is 0.898. The standard InChI is InChI=1S/C34H35F3N4O7/c1-40-14-6-4-3-5-7-22-18-33(22,31(43)44)39-29(42)28-17-25(19-41(28)32(40)45)47-30-26-13-12-24(46-2)15-21(26)16-27(38-30)20-8-10-23(11-9-20)48-34(35,36)37/h5,7-13,15-16,22,25,28H,3-4,6,14,17-19H2,1-2H3,(H,39,42)(H,43,44)/b7-5-/t22-,25-,28+,33-/m1/s1. The zero-order valence-electron chi connectivity index (χ0n) is 26.3. The molecule has 14 heteroatoms. The number of carboxylic acids is 1. The first-order chi connectivity index (χ1) is 22.9. The van der Waals surface area contributed by atoms with Gasteiger partial charge in [-0.1, -0.05) is 12.2 Å². The van der Waals surface area contributed by atoms with Crippen LogP contribution in [-0.4, -0.2) is 89.1 Å². The summed E-state index contributed by atoms with van der Waals surface area (Å²) in [7, 11) is 3.19. The lowest BCUT2D eigenvalue weighted by Crippen LogP contribution is -2.54. The van der Waals surface area contributed by atoms with E-state index in [1.807, 2.05) is 12.2 Å². The smallest absolute Gasteiger partial charge is 0.497 e. The number of aromatic nitrogens is 1. The molecule has 3 amide bonds. The van der Waals surface area contributed by atoms with Gasteiger partial charge in [0.15, 0.2) is 0 Å². The average molecular weight is 669 g/mol. The van der Waals surface area contributed by atoms with E-state index in [0.717, 1.165) is 19.3 Å². The number of carbonyl (C=O) groups excluding carboxylic acids is 2. The summed E-state index contributed by atoms with van der Waals surface area (Å²) >= 11 is 0. The Labute approximate surface area is 274 Å². The normalized spacial score (nSPS) is 25.4. The van der Waals surface area contributed by atoms with Gasteiger partial charge in [-0.25, -0.2) is 14.6 Å². The molecule has 254 valence electrons. The molecule has 0 radical (unpaired) electrons. The second kappa shape index (κ2) is 12.9. The number of benzene rings is 2. The molecule has 1 saturated heterocycles. The maximum absolute atomic E-state index is 13.7. The van der Waals surface area contributed by atoms with Crippen LogP contribution in [0.3, 0.4) is 0 Å². The molecule has 2 fully saturated rings. The topological polar surface area (TPSA) is 131 Å². The molecule has 2 aliphatic heterocycles. The molecule has 11 nitrogen and oxygen atoms in total. The fourth-order valence-electron chi connectivity index (χ4n) is 6.35. The van der Waals surface area contributed by atoms with Gasteiger partial charge in [0.05, 0.1) is 19.3 Å². The quantitative estimate of drug-likeness (QED) is 0.335. The summed E-state index contributed by atoms with van der Waals surface area (Å²) in [5.41, 5.74) is -0.542. The minimum atomic E-state index is -4.83. The van der Waals surface area contributed by atoms with Crippen LogP contribution in [0.15, 0.2) is 60.7 Å². The zero-order chi connectivity index (χ0) is 34.2. The predicted molar refractivity (Wildman–Crippen MR) is 168 cm³/mol. The number of fused-ring (bicyclic) bond motifs is 3. The highest BCUT2D eigenvalue weighted by atomic mass is 19.4. The number of halogens is 3. The largest absolute Gasteiger partial charge is 0.573 e. The zero-order valence-corrected chi connectivity index (χ0v) is 26.3. The van der Waals surface area contributed by atoms with Crippen LogP contribution in [0.5, 0.6) is 17.4 Å². The molecule has 4 atom stereocenters. The Hall–Kier alpha value is -5.01. The van der Waals surface area contributed by atoms with Crippen LogP contribution >= 0.6 is 0 Å². The van der Waals surface area contributed by atoms with Crippen LogP contribution < -0.4 is 19.5 Å². The number of nitrogens with zero attached hydrogens (tertiary/aromatic N) is 3. The molecule has 1 saturated carbocycles. The second-order valence-electron chi connectivity index (χ2n) is 12.3. The van der Waals surface area contributed by atoms with Crippen molar-refractivity contribution in [2.75, 3.05) is 27.2 Å². The van der Waals surface area contributed by atoms with E-state index in [2.05, 4.69) is 10.1 Å². The van der Waals surface area contributed by atoms with Gasteiger partial charge in [0.1, 0.15) is 29.2 Å². The Kier molecular flexibility index (Phi) is 8.84. The molecular weight excluding hydrogens is 633 g/mol. The molecule has 6 rings (SSSR count). The molecule has 1 aromatic heterocycles. The van der Waals surface area contributed by atoms with Crippen LogP contribution in [0, 0.1) is 5.92 Å². The Morgan fingerprint density at radius 1 is 1.08 bits per heavy atom. The predicted octanol–water partition coefficient (Wildman–Crippen LogP) is 5.38. The maximum atomic E-state index is 13.7. The van der Waals surface area contributed by atoms with Crippen molar-refractivity contribution in [2.45, 2.75) is 56.2 Å². The van der Waals surface area contributed by atoms with Gasteiger partial charge in [0, 0.05) is 36.9 Å². The van der Waals surface area contributed by atoms with Crippen LogP contribution in [0.2, 0.25) is 0 Å². The van der Waals surface area contributed by atoms with E-state index in [1.165, 1.54) is 36.3 Å². The summed E-state index contributed by atoms with van der Waals surface area (Å²) in [5, 5.41) is 14.0. The number of ether oxygens (including phenoxy) is 3. The van der Waals surface area contributed by atoms with Gasteiger partial charge in [-0.15, -0.1) is 13.2 Å². The third kappa shape index (κ3) is 6.83. The van der Waals surface area contributed by atoms with Gasteiger partial charge in [-0.05, 0) is 79.6 Å². The van der Waals surface area contributed by atoms with E-state index in [9.17, 15) is 32.7 Å². The van der Waals surface area contributed by atoms with Crippen LogP contribution in [0.4, 0.5) is 18.0 Å². The Morgan fingerprint density at radius 2 is 1.83 bits per heavy atom. The molecule has 48 heavy (non-hydrogen) atoms. The number of methoxy groups -OCH3 is 1. The number of allylic oxidation sites excluding steroid dienone is 1. The SMILES string of the molecule is COc1ccc2c(O[C@@H]3C[C@H]4C(=O)N[C@]5(C(=O)O)C[C@H]5/C=C\CCCCN(C)C(=O)N4C3)nc(-c3ccc(OC(F)(F)F)cc3)cc2c1. The van der Waals surface area contributed by atoms with E-state index in [4.69, 9.17) is 14.5 Å². The molecule has 2 aromatic carbocycles. The van der Waals surface area contributed by atoms with Crippen molar-refractivity contribution >= 4 is 28.7 Å². The van der Waals surface area contributed by atoms with Gasteiger partial charge in [-0.2, -0.15) is 0 Å². The van der Waals surface area contributed by atoms with Crippen molar-refractivity contribution < 1.29 is 46.9 Å². The highest BCUT2D eigenvalue weighted by Crippen LogP contribution is 2.45. The summed E-state index contributed by atoms with van der Waals surface area (Å²) in [4.78, 5) is 47.3. The number of rotatable bonds is 6. The molecule has 3 aliphatic rings. The van der Waals surface area contributed by atoms with E-state index < -0.39 is 35.9 Å². The monoisotopic (exact) mass is 668 g/mol. The van der Waals surface area contributed by atoms with Gasteiger partial charge in [0.2, 0.25) is 11.8 Å². The van der Waals surface area contributed by atoms with Crippen molar-refractivity contribution in [3.05, 3.63) is 60.7 Å². The van der Waals surface area contributed by atoms with E-state index >= 15 is 0 Å². The number of carbonyl (C=O) groups is 3. The van der Waals surface area contributed by atoms with E-state index in [1.54, 1.807) is 36.2 Å². The summed E-state index contributed by atoms with van der Waals surface area (Å²) in [6.45, 7) is 0.520. The molecule has 3 aromatic rings. The van der Waals surface area contributed by atoms with Gasteiger partial charge in [-0.3, -0.25) is 4.79 Å². The number of carboxylic acid groups (broad SMARTS) is 1. The fourth-order valence-corrected chi connectivity index (χ4v) is 6.35. The molecule has 0 spiro atoms. The highest BCUT2D eigenvalue weighted by molar-refractivity contribution is 5.95. The van der Waals surface area contributed by atoms with Crippen molar-refractivity contribution in [2.24, 2.45) is 5.92 Å². The third-order valence-electron chi connectivity index (χ3n) is 9.03. The molecule has 0 unspecified atom stereocenters. The highest BCUT2D eigenvalue weighted by Gasteiger charge is 2.61. The lowest BCUT2D eigenvalue weighted by molar-refractivity contribution is -0.274. The number of hydrogen-bond acceptors (Lipinski definition) is 7. The number of urea groups is 1. The molecule has 1 aliphatic carbocycles. The molecule has 2 N–H and O–H groups in total. The van der Waals surface area contributed by atoms with Crippen molar-refractivity contribution in [3.8, 4) is 28.6 Å². The first-order valence-corrected chi connectivity index (χ1v) is 15.6. The summed E-state index contributed by atoms with van der Waals surface area (Å²) in [6, 6.07) is 10.9. The number of hydrogen-bond donors (Lipinski definition) is 2. The Balaban J connectivity index is 1.31. The van der Waals surface area contributed by atoms with Crippen LogP contribution in [0.1, 0.15) is 32.1 Å². The second-order valence-corrected chi connectivity index (χ2v) is 12.3. The molecular formula is C34H35F3N4O7. The Morgan fingerprint density at radius 3 is 2.54 bits per heavy atom. The van der Waals surface area contributed by atoms with Gasteiger partial charge >= 0.3 is 18.4 Å². The van der Waals surface area contributed by atoms with Crippen molar-refractivity contribution in [1.82, 2.24) is 20.1 Å². The van der Waals surface area contributed by atoms with Crippen LogP contribution in [-0.2, 0) is 9.59 Å². The van der Waals surface area contributed by atoms with Crippen molar-refractivity contribution in [3.63, 3.8) is 0 Å². The number of pyridine rings is 1. The number of nitrogens with one attached hydrogen (secondary N) is 1. The van der Waals surface area contributed by atoms with Gasteiger partial charge < -0.3 is 34.4 Å². The fraction of sp³-hybridized carbons (Fsp3) is 0.412. The van der Waals surface area contributed by atoms with Crippen LogP contribution in [0.25, 0.3) is 22.0 Å². The lowest BCUT2D eigenvalue weighted by Gasteiger charge is -2.29. The average Bonchev–Trinajstić information content (AvgIpc) is 3.58. The number of aliphatic carboxylic acids is 1. The summed E-state index contributed by atoms with van der Waals surface area (Å²) in [5.74, 6) is -1.68.